The van der Waals surface area contributed by atoms with E-state index < -0.39 is 0 Å². The normalized spacial score (nSPS) is 10.2. The van der Waals surface area contributed by atoms with Gasteiger partial charge in [0.1, 0.15) is 29.7 Å². The molecule has 0 aliphatic rings. The summed E-state index contributed by atoms with van der Waals surface area (Å²) in [5, 5.41) is 0. The van der Waals surface area contributed by atoms with Gasteiger partial charge in [-0.2, -0.15) is 0 Å². The largest absolute Gasteiger partial charge is 0.496 e. The first-order chi connectivity index (χ1) is 9.62. The van der Waals surface area contributed by atoms with Gasteiger partial charge in [0.05, 0.1) is 14.2 Å². The molecule has 0 spiro atoms. The predicted octanol–water partition coefficient (Wildman–Crippen LogP) is 3.00. The Bertz CT molecular complexity index is 579. The van der Waals surface area contributed by atoms with Crippen LogP contribution in [0.5, 0.6) is 17.2 Å². The van der Waals surface area contributed by atoms with E-state index in [1.165, 1.54) is 12.1 Å². The summed E-state index contributed by atoms with van der Waals surface area (Å²) in [4.78, 5) is 0. The number of hydrogen-bond acceptors (Lipinski definition) is 4. The molecule has 0 amide bonds. The van der Waals surface area contributed by atoms with Crippen molar-refractivity contribution in [1.82, 2.24) is 0 Å². The van der Waals surface area contributed by atoms with E-state index in [2.05, 4.69) is 0 Å². The molecule has 0 bridgehead atoms. The Kier molecular flexibility index (Phi) is 4.30. The number of ether oxygens (including phenoxy) is 3. The zero-order valence-corrected chi connectivity index (χ0v) is 11.4. The van der Waals surface area contributed by atoms with Gasteiger partial charge in [-0.25, -0.2) is 4.39 Å². The van der Waals surface area contributed by atoms with Gasteiger partial charge in [-0.15, -0.1) is 0 Å². The van der Waals surface area contributed by atoms with Crippen LogP contribution in [-0.4, -0.2) is 14.2 Å². The molecule has 2 rings (SSSR count). The molecule has 2 N–H and O–H groups in total. The number of methoxy groups -OCH3 is 2. The van der Waals surface area contributed by atoms with Gasteiger partial charge in [-0.1, -0.05) is 6.07 Å². The molecule has 0 saturated heterocycles. The van der Waals surface area contributed by atoms with E-state index >= 15 is 0 Å². The van der Waals surface area contributed by atoms with E-state index in [0.717, 1.165) is 0 Å². The maximum atomic E-state index is 13.0. The molecule has 0 aliphatic heterocycles. The minimum Gasteiger partial charge on any atom is -0.496 e. The first-order valence-electron chi connectivity index (χ1n) is 6.02. The van der Waals surface area contributed by atoms with Gasteiger partial charge in [0.25, 0.3) is 0 Å². The highest BCUT2D eigenvalue weighted by Gasteiger charge is 2.05. The Morgan fingerprint density at radius 1 is 0.950 bits per heavy atom. The number of nitrogens with two attached hydrogens (primary N) is 1. The van der Waals surface area contributed by atoms with Gasteiger partial charge < -0.3 is 19.9 Å². The Balaban J connectivity index is 2.13. The van der Waals surface area contributed by atoms with Crippen LogP contribution in [0.1, 0.15) is 5.56 Å². The highest BCUT2D eigenvalue weighted by molar-refractivity contribution is 5.47. The molecule has 0 aromatic heterocycles. The summed E-state index contributed by atoms with van der Waals surface area (Å²) in [7, 11) is 3.13. The second kappa shape index (κ2) is 6.14. The molecule has 0 unspecified atom stereocenters. The minimum absolute atomic E-state index is 0.239. The first kappa shape index (κ1) is 14.0. The van der Waals surface area contributed by atoms with E-state index in [0.29, 0.717) is 28.5 Å². The smallest absolute Gasteiger partial charge is 0.127 e. The highest BCUT2D eigenvalue weighted by Crippen LogP contribution is 2.28. The lowest BCUT2D eigenvalue weighted by atomic mass is 10.2. The number of benzene rings is 2. The summed E-state index contributed by atoms with van der Waals surface area (Å²) < 4.78 is 28.9. The number of halogens is 1. The minimum atomic E-state index is -0.366. The van der Waals surface area contributed by atoms with Crippen molar-refractivity contribution in [2.45, 2.75) is 6.61 Å². The molecule has 106 valence electrons. The lowest BCUT2D eigenvalue weighted by molar-refractivity contribution is 0.301. The van der Waals surface area contributed by atoms with Crippen molar-refractivity contribution in [2.75, 3.05) is 20.0 Å². The van der Waals surface area contributed by atoms with E-state index in [1.54, 1.807) is 38.5 Å². The molecule has 0 fully saturated rings. The molecule has 20 heavy (non-hydrogen) atoms. The number of rotatable bonds is 5. The number of nitrogen functional groups attached to an aromatic ring is 1. The Hall–Kier alpha value is -2.43. The average Bonchev–Trinajstić information content (AvgIpc) is 2.46. The zero-order valence-electron chi connectivity index (χ0n) is 11.4. The van der Waals surface area contributed by atoms with Crippen LogP contribution < -0.4 is 19.9 Å². The summed E-state index contributed by atoms with van der Waals surface area (Å²) in [6.07, 6.45) is 0. The van der Waals surface area contributed by atoms with Crippen molar-refractivity contribution in [3.63, 3.8) is 0 Å². The molecule has 0 aliphatic carbocycles. The van der Waals surface area contributed by atoms with Gasteiger partial charge in [-0.3, -0.25) is 0 Å². The fraction of sp³-hybridized carbons (Fsp3) is 0.200. The van der Waals surface area contributed by atoms with Gasteiger partial charge in [-0.05, 0) is 12.1 Å². The topological polar surface area (TPSA) is 53.7 Å². The summed E-state index contributed by atoms with van der Waals surface area (Å²) in [5.41, 5.74) is 6.81. The molecule has 0 radical (unpaired) electrons. The predicted molar refractivity (Wildman–Crippen MR) is 74.7 cm³/mol. The van der Waals surface area contributed by atoms with Gasteiger partial charge in [0.15, 0.2) is 0 Å². The van der Waals surface area contributed by atoms with Crippen LogP contribution in [0.3, 0.4) is 0 Å². The number of anilines is 1. The monoisotopic (exact) mass is 277 g/mol. The van der Waals surface area contributed by atoms with Crippen molar-refractivity contribution in [1.29, 1.82) is 0 Å². The summed E-state index contributed by atoms with van der Waals surface area (Å²) in [6.45, 7) is 0.239. The van der Waals surface area contributed by atoms with Gasteiger partial charge in [0, 0.05) is 29.4 Å². The average molecular weight is 277 g/mol. The third-order valence-electron chi connectivity index (χ3n) is 2.83. The van der Waals surface area contributed by atoms with E-state index in [4.69, 9.17) is 19.9 Å². The molecule has 5 heteroatoms. The van der Waals surface area contributed by atoms with Crippen molar-refractivity contribution >= 4 is 5.69 Å². The first-order valence-corrected chi connectivity index (χ1v) is 6.02. The summed E-state index contributed by atoms with van der Waals surface area (Å²) in [5.74, 6) is 1.48. The summed E-state index contributed by atoms with van der Waals surface area (Å²) in [6, 6.07) is 9.44. The highest BCUT2D eigenvalue weighted by atomic mass is 19.1. The van der Waals surface area contributed by atoms with Crippen molar-refractivity contribution in [3.05, 3.63) is 47.8 Å². The molecular formula is C15H16FNO3. The van der Waals surface area contributed by atoms with Crippen LogP contribution in [0.15, 0.2) is 36.4 Å². The third kappa shape index (κ3) is 3.32. The van der Waals surface area contributed by atoms with E-state index in [-0.39, 0.29) is 12.4 Å². The van der Waals surface area contributed by atoms with Crippen molar-refractivity contribution in [2.24, 2.45) is 0 Å². The third-order valence-corrected chi connectivity index (χ3v) is 2.83. The van der Waals surface area contributed by atoms with Crippen molar-refractivity contribution in [3.8, 4) is 17.2 Å². The van der Waals surface area contributed by atoms with E-state index in [9.17, 15) is 4.39 Å². The second-order valence-electron chi connectivity index (χ2n) is 4.18. The Labute approximate surface area is 116 Å². The molecule has 0 saturated carbocycles. The Morgan fingerprint density at radius 2 is 1.55 bits per heavy atom. The van der Waals surface area contributed by atoms with E-state index in [1.807, 2.05) is 0 Å². The molecule has 2 aromatic rings. The zero-order chi connectivity index (χ0) is 14.5. The molecular weight excluding hydrogens is 261 g/mol. The maximum Gasteiger partial charge on any atom is 0.127 e. The fourth-order valence-electron chi connectivity index (χ4n) is 1.72. The van der Waals surface area contributed by atoms with Gasteiger partial charge in [0.2, 0.25) is 0 Å². The van der Waals surface area contributed by atoms with Crippen LogP contribution >= 0.6 is 0 Å². The SMILES string of the molecule is COc1cc(OC)cc(OCc2ccc(F)cc2N)c1. The molecule has 0 heterocycles. The van der Waals surface area contributed by atoms with Crippen LogP contribution in [0.4, 0.5) is 10.1 Å². The Morgan fingerprint density at radius 3 is 2.10 bits per heavy atom. The van der Waals surface area contributed by atoms with Crippen LogP contribution in [-0.2, 0) is 6.61 Å². The molecule has 0 atom stereocenters. The van der Waals surface area contributed by atoms with Crippen LogP contribution in [0.25, 0.3) is 0 Å². The van der Waals surface area contributed by atoms with Crippen molar-refractivity contribution < 1.29 is 18.6 Å². The van der Waals surface area contributed by atoms with Crippen LogP contribution in [0, 0.1) is 5.82 Å². The standard InChI is InChI=1S/C15H16FNO3/c1-18-12-6-13(19-2)8-14(7-12)20-9-10-3-4-11(16)5-15(10)17/h3-8H,9,17H2,1-2H3. The van der Waals surface area contributed by atoms with Gasteiger partial charge >= 0.3 is 0 Å². The van der Waals surface area contributed by atoms with Crippen LogP contribution in [0.2, 0.25) is 0 Å². The summed E-state index contributed by atoms with van der Waals surface area (Å²) >= 11 is 0. The quantitative estimate of drug-likeness (QED) is 0.854. The fourth-order valence-corrected chi connectivity index (χ4v) is 1.72. The second-order valence-corrected chi connectivity index (χ2v) is 4.18. The number of hydrogen-bond donors (Lipinski definition) is 1. The molecule has 2 aromatic carbocycles. The lowest BCUT2D eigenvalue weighted by Gasteiger charge is -2.11. The lowest BCUT2D eigenvalue weighted by Crippen LogP contribution is -2.01. The molecule has 4 nitrogen and oxygen atoms in total. The maximum absolute atomic E-state index is 13.0.